The van der Waals surface area contributed by atoms with Gasteiger partial charge in [0.1, 0.15) is 0 Å². The number of carbonyl (C=O) groups excluding carboxylic acids is 2. The van der Waals surface area contributed by atoms with Crippen LogP contribution in [0.15, 0.2) is 24.3 Å². The highest BCUT2D eigenvalue weighted by atomic mass is 16.5. The maximum atomic E-state index is 12.7. The Kier molecular flexibility index (Phi) is 3.81. The van der Waals surface area contributed by atoms with Gasteiger partial charge in [0.15, 0.2) is 6.10 Å². The number of nitrogens with zero attached hydrogens (tertiary/aromatic N) is 1. The number of amides is 2. The Labute approximate surface area is 126 Å². The second-order valence-electron chi connectivity index (χ2n) is 5.37. The normalized spacial score (nSPS) is 24.4. The maximum absolute atomic E-state index is 12.7. The van der Waals surface area contributed by atoms with Crippen LogP contribution in [0.3, 0.4) is 0 Å². The fraction of sp³-hybridized carbons (Fsp3) is 0.400. The molecule has 0 spiro atoms. The third-order valence-electron chi connectivity index (χ3n) is 3.95. The molecule has 0 unspecified atom stereocenters. The summed E-state index contributed by atoms with van der Waals surface area (Å²) in [5.41, 5.74) is 1.41. The van der Waals surface area contributed by atoms with Crippen molar-refractivity contribution in [2.24, 2.45) is 0 Å². The number of para-hydroxylation sites is 1. The van der Waals surface area contributed by atoms with Crippen LogP contribution in [0.2, 0.25) is 0 Å². The summed E-state index contributed by atoms with van der Waals surface area (Å²) in [5.74, 6) is -2.09. The lowest BCUT2D eigenvalue weighted by atomic mass is 9.89. The minimum absolute atomic E-state index is 0.00839. The van der Waals surface area contributed by atoms with E-state index in [9.17, 15) is 14.4 Å². The van der Waals surface area contributed by atoms with Gasteiger partial charge in [-0.1, -0.05) is 18.2 Å². The number of benzene rings is 1. The molecule has 1 saturated heterocycles. The smallest absolute Gasteiger partial charge is 0.334 e. The van der Waals surface area contributed by atoms with Gasteiger partial charge in [-0.25, -0.2) is 4.79 Å². The first-order valence-corrected chi connectivity index (χ1v) is 7.08. The molecule has 7 nitrogen and oxygen atoms in total. The summed E-state index contributed by atoms with van der Waals surface area (Å²) in [6, 6.07) is 7.18. The third-order valence-corrected chi connectivity index (χ3v) is 3.95. The van der Waals surface area contributed by atoms with Crippen LogP contribution in [0.4, 0.5) is 5.69 Å². The van der Waals surface area contributed by atoms with E-state index in [1.807, 2.05) is 12.1 Å². The van der Waals surface area contributed by atoms with Crippen molar-refractivity contribution in [2.75, 3.05) is 25.0 Å². The van der Waals surface area contributed by atoms with E-state index in [1.54, 1.807) is 12.1 Å². The van der Waals surface area contributed by atoms with Crippen molar-refractivity contribution in [3.63, 3.8) is 0 Å². The third kappa shape index (κ3) is 2.67. The van der Waals surface area contributed by atoms with Gasteiger partial charge in [0.05, 0.1) is 19.1 Å². The zero-order valence-electron chi connectivity index (χ0n) is 11.8. The van der Waals surface area contributed by atoms with E-state index in [0.717, 1.165) is 5.56 Å². The van der Waals surface area contributed by atoms with E-state index in [1.165, 1.54) is 4.90 Å². The Morgan fingerprint density at radius 3 is 2.86 bits per heavy atom. The molecule has 0 radical (unpaired) electrons. The molecule has 1 fully saturated rings. The number of hydrogen-bond acceptors (Lipinski definition) is 4. The van der Waals surface area contributed by atoms with E-state index < -0.39 is 18.0 Å². The number of carbonyl (C=O) groups is 3. The fourth-order valence-corrected chi connectivity index (χ4v) is 2.85. The largest absolute Gasteiger partial charge is 0.479 e. The van der Waals surface area contributed by atoms with Gasteiger partial charge in [-0.15, -0.1) is 0 Å². The Bertz CT molecular complexity index is 630. The molecule has 7 heteroatoms. The zero-order chi connectivity index (χ0) is 15.7. The SMILES string of the molecule is O=C1C[C@@H](C(=O)N2CCO[C@H](C(=O)O)C2)c2ccccc2N1. The lowest BCUT2D eigenvalue weighted by molar-refractivity contribution is -0.160. The van der Waals surface area contributed by atoms with Crippen molar-refractivity contribution in [3.8, 4) is 0 Å². The lowest BCUT2D eigenvalue weighted by Crippen LogP contribution is -2.50. The molecule has 116 valence electrons. The number of aliphatic carboxylic acids is 1. The number of hydrogen-bond donors (Lipinski definition) is 2. The molecule has 1 aromatic carbocycles. The van der Waals surface area contributed by atoms with Gasteiger partial charge in [-0.3, -0.25) is 9.59 Å². The highest BCUT2D eigenvalue weighted by Gasteiger charge is 2.36. The van der Waals surface area contributed by atoms with E-state index in [4.69, 9.17) is 9.84 Å². The van der Waals surface area contributed by atoms with Crippen molar-refractivity contribution in [3.05, 3.63) is 29.8 Å². The standard InChI is InChI=1S/C15H16N2O5/c18-13-7-10(9-3-1-2-4-11(9)16-13)14(19)17-5-6-22-12(8-17)15(20)21/h1-4,10,12H,5-8H2,(H,16,18)(H,20,21)/t10-,12+/m1/s1. The minimum atomic E-state index is -1.08. The molecule has 2 atom stereocenters. The highest BCUT2D eigenvalue weighted by molar-refractivity contribution is 6.01. The summed E-state index contributed by atoms with van der Waals surface area (Å²) in [4.78, 5) is 37.0. The molecular formula is C15H16N2O5. The van der Waals surface area contributed by atoms with Crippen molar-refractivity contribution in [1.29, 1.82) is 0 Å². The monoisotopic (exact) mass is 304 g/mol. The Balaban J connectivity index is 1.83. The molecule has 0 bridgehead atoms. The number of nitrogens with one attached hydrogen (secondary N) is 1. The molecule has 2 N–H and O–H groups in total. The summed E-state index contributed by atoms with van der Waals surface area (Å²) in [5, 5.41) is 11.8. The summed E-state index contributed by atoms with van der Waals surface area (Å²) < 4.78 is 5.12. The number of carboxylic acid groups (broad SMARTS) is 1. The number of anilines is 1. The van der Waals surface area contributed by atoms with Gasteiger partial charge in [0.25, 0.3) is 0 Å². The molecule has 0 aromatic heterocycles. The fourth-order valence-electron chi connectivity index (χ4n) is 2.85. The highest BCUT2D eigenvalue weighted by Crippen LogP contribution is 2.33. The topological polar surface area (TPSA) is 95.9 Å². The molecule has 2 amide bonds. The minimum Gasteiger partial charge on any atom is -0.479 e. The van der Waals surface area contributed by atoms with Gasteiger partial charge in [0, 0.05) is 18.7 Å². The van der Waals surface area contributed by atoms with E-state index in [0.29, 0.717) is 12.2 Å². The zero-order valence-corrected chi connectivity index (χ0v) is 11.8. The number of morpholine rings is 1. The van der Waals surface area contributed by atoms with Gasteiger partial charge in [0.2, 0.25) is 11.8 Å². The van der Waals surface area contributed by atoms with Crippen LogP contribution in [0.1, 0.15) is 17.9 Å². The predicted molar refractivity (Wildman–Crippen MR) is 76.4 cm³/mol. The van der Waals surface area contributed by atoms with Crippen LogP contribution >= 0.6 is 0 Å². The number of ether oxygens (including phenoxy) is 1. The summed E-state index contributed by atoms with van der Waals surface area (Å²) >= 11 is 0. The van der Waals surface area contributed by atoms with Crippen molar-refractivity contribution in [2.45, 2.75) is 18.4 Å². The molecule has 0 aliphatic carbocycles. The number of rotatable bonds is 2. The first kappa shape index (κ1) is 14.5. The van der Waals surface area contributed by atoms with Crippen LogP contribution in [-0.2, 0) is 19.1 Å². The Morgan fingerprint density at radius 2 is 2.09 bits per heavy atom. The summed E-state index contributed by atoms with van der Waals surface area (Å²) in [7, 11) is 0. The molecule has 2 aliphatic rings. The second-order valence-corrected chi connectivity index (χ2v) is 5.37. The van der Waals surface area contributed by atoms with Gasteiger partial charge in [-0.2, -0.15) is 0 Å². The average molecular weight is 304 g/mol. The Morgan fingerprint density at radius 1 is 1.32 bits per heavy atom. The molecule has 3 rings (SSSR count). The molecule has 0 saturated carbocycles. The molecule has 2 heterocycles. The Hall–Kier alpha value is -2.41. The van der Waals surface area contributed by atoms with E-state index in [2.05, 4.69) is 5.32 Å². The quantitative estimate of drug-likeness (QED) is 0.826. The molecule has 1 aromatic rings. The van der Waals surface area contributed by atoms with Crippen molar-refractivity contribution in [1.82, 2.24) is 4.90 Å². The van der Waals surface area contributed by atoms with Crippen LogP contribution in [0.5, 0.6) is 0 Å². The van der Waals surface area contributed by atoms with Crippen molar-refractivity contribution < 1.29 is 24.2 Å². The predicted octanol–water partition coefficient (Wildman–Crippen LogP) is 0.424. The molecule has 22 heavy (non-hydrogen) atoms. The first-order chi connectivity index (χ1) is 10.6. The van der Waals surface area contributed by atoms with Crippen LogP contribution in [0, 0.1) is 0 Å². The van der Waals surface area contributed by atoms with Gasteiger partial charge in [-0.05, 0) is 11.6 Å². The van der Waals surface area contributed by atoms with Gasteiger partial charge < -0.3 is 20.1 Å². The van der Waals surface area contributed by atoms with Crippen LogP contribution < -0.4 is 5.32 Å². The molecular weight excluding hydrogens is 288 g/mol. The molecule has 2 aliphatic heterocycles. The maximum Gasteiger partial charge on any atom is 0.334 e. The average Bonchev–Trinajstić information content (AvgIpc) is 2.53. The lowest BCUT2D eigenvalue weighted by Gasteiger charge is -2.35. The second kappa shape index (κ2) is 5.76. The van der Waals surface area contributed by atoms with Crippen molar-refractivity contribution >= 4 is 23.5 Å². The summed E-state index contributed by atoms with van der Waals surface area (Å²) in [6.07, 6.45) is -0.935. The van der Waals surface area contributed by atoms with Gasteiger partial charge >= 0.3 is 5.97 Å². The van der Waals surface area contributed by atoms with Crippen LogP contribution in [-0.4, -0.2) is 53.6 Å². The van der Waals surface area contributed by atoms with Crippen LogP contribution in [0.25, 0.3) is 0 Å². The number of carboxylic acids is 1. The first-order valence-electron chi connectivity index (χ1n) is 7.08. The number of fused-ring (bicyclic) bond motifs is 1. The summed E-state index contributed by atoms with van der Waals surface area (Å²) in [6.45, 7) is 0.528. The van der Waals surface area contributed by atoms with E-state index >= 15 is 0 Å². The van der Waals surface area contributed by atoms with E-state index in [-0.39, 0.29) is 31.4 Å².